The quantitative estimate of drug-likeness (QED) is 0.625. The molecule has 2 heterocycles. The molecule has 0 spiro atoms. The maximum Gasteiger partial charge on any atom is 0.233 e. The second-order valence-electron chi connectivity index (χ2n) is 4.13. The van der Waals surface area contributed by atoms with Crippen molar-refractivity contribution < 1.29 is 4.79 Å². The predicted octanol–water partition coefficient (Wildman–Crippen LogP) is 0.405. The van der Waals surface area contributed by atoms with Crippen LogP contribution in [0.25, 0.3) is 0 Å². The molecule has 1 saturated heterocycles. The summed E-state index contributed by atoms with van der Waals surface area (Å²) in [6.07, 6.45) is 3.46. The van der Waals surface area contributed by atoms with Crippen LogP contribution in [0.5, 0.6) is 0 Å². The number of nitrogens with two attached hydrogens (primary N) is 1. The van der Waals surface area contributed by atoms with Crippen molar-refractivity contribution in [1.29, 1.82) is 0 Å². The van der Waals surface area contributed by atoms with Crippen LogP contribution in [0.2, 0.25) is 0 Å². The number of carbonyl (C=O) groups excluding carboxylic acids is 1. The number of aromatic nitrogens is 3. The zero-order chi connectivity index (χ0) is 12.3. The van der Waals surface area contributed by atoms with Gasteiger partial charge >= 0.3 is 0 Å². The first-order valence-corrected chi connectivity index (χ1v) is 6.74. The van der Waals surface area contributed by atoms with E-state index < -0.39 is 0 Å². The highest BCUT2D eigenvalue weighted by molar-refractivity contribution is 7.99. The largest absolute Gasteiger partial charge is 0.342 e. The van der Waals surface area contributed by atoms with Crippen molar-refractivity contribution in [3.05, 3.63) is 5.82 Å². The third-order valence-corrected chi connectivity index (χ3v) is 3.80. The average Bonchev–Trinajstić information content (AvgIpc) is 2.68. The second-order valence-corrected chi connectivity index (χ2v) is 5.07. The van der Waals surface area contributed by atoms with Crippen LogP contribution in [0, 0.1) is 6.92 Å². The first kappa shape index (κ1) is 12.2. The van der Waals surface area contributed by atoms with Gasteiger partial charge in [-0.15, -0.1) is 10.2 Å². The number of likely N-dealkylation sites (tertiary alicyclic amines) is 1. The first-order valence-electron chi connectivity index (χ1n) is 5.76. The molecule has 17 heavy (non-hydrogen) atoms. The third-order valence-electron chi connectivity index (χ3n) is 2.87. The van der Waals surface area contributed by atoms with Gasteiger partial charge in [-0.05, 0) is 26.2 Å². The Morgan fingerprint density at radius 2 is 2.06 bits per heavy atom. The molecule has 0 saturated carbocycles. The lowest BCUT2D eigenvalue weighted by molar-refractivity contribution is -0.129. The summed E-state index contributed by atoms with van der Waals surface area (Å²) in [6, 6.07) is 0. The number of piperidine rings is 1. The molecule has 1 aromatic heterocycles. The summed E-state index contributed by atoms with van der Waals surface area (Å²) >= 11 is 1.34. The fourth-order valence-corrected chi connectivity index (χ4v) is 2.61. The van der Waals surface area contributed by atoms with E-state index in [-0.39, 0.29) is 5.91 Å². The lowest BCUT2D eigenvalue weighted by Gasteiger charge is -2.26. The maximum atomic E-state index is 11.9. The number of rotatable bonds is 3. The minimum Gasteiger partial charge on any atom is -0.342 e. The number of thioether (sulfide) groups is 1. The van der Waals surface area contributed by atoms with Crippen LogP contribution in [0.4, 0.5) is 0 Å². The van der Waals surface area contributed by atoms with Gasteiger partial charge in [-0.3, -0.25) is 4.79 Å². The van der Waals surface area contributed by atoms with E-state index in [4.69, 9.17) is 5.84 Å². The van der Waals surface area contributed by atoms with Gasteiger partial charge in [0.2, 0.25) is 11.1 Å². The molecular formula is C10H17N5OS. The summed E-state index contributed by atoms with van der Waals surface area (Å²) < 4.78 is 1.41. The molecule has 1 amide bonds. The number of aryl methyl sites for hydroxylation is 1. The van der Waals surface area contributed by atoms with Crippen LogP contribution in [-0.4, -0.2) is 44.5 Å². The van der Waals surface area contributed by atoms with Crippen LogP contribution in [-0.2, 0) is 4.79 Å². The van der Waals surface area contributed by atoms with Crippen LogP contribution < -0.4 is 5.84 Å². The Labute approximate surface area is 105 Å². The molecule has 2 rings (SSSR count). The Morgan fingerprint density at radius 3 is 2.65 bits per heavy atom. The molecule has 0 bridgehead atoms. The number of nitrogen functional groups attached to an aromatic ring is 1. The fraction of sp³-hybridized carbons (Fsp3) is 0.700. The van der Waals surface area contributed by atoms with Gasteiger partial charge in [0.15, 0.2) is 0 Å². The van der Waals surface area contributed by atoms with E-state index in [1.807, 2.05) is 4.90 Å². The van der Waals surface area contributed by atoms with E-state index in [1.54, 1.807) is 6.92 Å². The molecule has 1 aliphatic heterocycles. The molecule has 7 heteroatoms. The smallest absolute Gasteiger partial charge is 0.233 e. The zero-order valence-corrected chi connectivity index (χ0v) is 10.7. The van der Waals surface area contributed by atoms with Crippen molar-refractivity contribution in [2.45, 2.75) is 31.3 Å². The summed E-state index contributed by atoms with van der Waals surface area (Å²) in [4.78, 5) is 13.8. The minimum atomic E-state index is 0.162. The van der Waals surface area contributed by atoms with Gasteiger partial charge in [0.05, 0.1) is 5.75 Å². The first-order chi connectivity index (χ1) is 8.18. The van der Waals surface area contributed by atoms with Crippen LogP contribution >= 0.6 is 11.8 Å². The Balaban J connectivity index is 1.85. The van der Waals surface area contributed by atoms with Crippen LogP contribution in [0.15, 0.2) is 5.16 Å². The van der Waals surface area contributed by atoms with E-state index in [0.29, 0.717) is 16.7 Å². The zero-order valence-electron chi connectivity index (χ0n) is 9.93. The lowest BCUT2D eigenvalue weighted by Crippen LogP contribution is -2.36. The summed E-state index contributed by atoms with van der Waals surface area (Å²) in [7, 11) is 0. The molecule has 6 nitrogen and oxygen atoms in total. The molecule has 0 aliphatic carbocycles. The molecule has 1 aliphatic rings. The van der Waals surface area contributed by atoms with Crippen molar-refractivity contribution in [3.8, 4) is 0 Å². The number of carbonyl (C=O) groups is 1. The van der Waals surface area contributed by atoms with E-state index in [0.717, 1.165) is 25.9 Å². The van der Waals surface area contributed by atoms with E-state index in [9.17, 15) is 4.79 Å². The minimum absolute atomic E-state index is 0.162. The summed E-state index contributed by atoms with van der Waals surface area (Å²) in [5.74, 6) is 6.91. The number of hydrogen-bond donors (Lipinski definition) is 1. The van der Waals surface area contributed by atoms with Gasteiger partial charge in [-0.1, -0.05) is 11.8 Å². The molecule has 0 atom stereocenters. The standard InChI is InChI=1S/C10H17N5OS/c1-8-12-13-10(15(8)11)17-7-9(16)14-5-3-2-4-6-14/h2-7,11H2,1H3. The Bertz CT molecular complexity index is 399. The molecular weight excluding hydrogens is 238 g/mol. The van der Waals surface area contributed by atoms with E-state index >= 15 is 0 Å². The molecule has 1 fully saturated rings. The van der Waals surface area contributed by atoms with Crippen molar-refractivity contribution in [2.24, 2.45) is 0 Å². The van der Waals surface area contributed by atoms with E-state index in [1.165, 1.54) is 22.9 Å². The second kappa shape index (κ2) is 5.39. The Hall–Kier alpha value is -1.24. The normalized spacial score (nSPS) is 16.2. The number of amides is 1. The predicted molar refractivity (Wildman–Crippen MR) is 66.1 cm³/mol. The number of nitrogens with zero attached hydrogens (tertiary/aromatic N) is 4. The van der Waals surface area contributed by atoms with Gasteiger partial charge < -0.3 is 10.7 Å². The summed E-state index contributed by atoms with van der Waals surface area (Å²) in [5.41, 5.74) is 0. The van der Waals surface area contributed by atoms with Crippen molar-refractivity contribution >= 4 is 17.7 Å². The van der Waals surface area contributed by atoms with Crippen molar-refractivity contribution in [1.82, 2.24) is 19.8 Å². The topological polar surface area (TPSA) is 77.0 Å². The molecule has 0 aromatic carbocycles. The van der Waals surface area contributed by atoms with Gasteiger partial charge in [-0.2, -0.15) is 0 Å². The SMILES string of the molecule is Cc1nnc(SCC(=O)N2CCCCC2)n1N. The third kappa shape index (κ3) is 2.91. The summed E-state index contributed by atoms with van der Waals surface area (Å²) in [6.45, 7) is 3.55. The molecule has 2 N–H and O–H groups in total. The molecule has 94 valence electrons. The molecule has 1 aromatic rings. The highest BCUT2D eigenvalue weighted by atomic mass is 32.2. The highest BCUT2D eigenvalue weighted by Crippen LogP contribution is 2.16. The fourth-order valence-electron chi connectivity index (χ4n) is 1.81. The average molecular weight is 255 g/mol. The number of hydrogen-bond acceptors (Lipinski definition) is 5. The molecule has 0 unspecified atom stereocenters. The molecule has 0 radical (unpaired) electrons. The van der Waals surface area contributed by atoms with Crippen molar-refractivity contribution in [2.75, 3.05) is 24.7 Å². The summed E-state index contributed by atoms with van der Waals surface area (Å²) in [5, 5.41) is 8.35. The van der Waals surface area contributed by atoms with Crippen LogP contribution in [0.3, 0.4) is 0 Å². The Morgan fingerprint density at radius 1 is 1.35 bits per heavy atom. The van der Waals surface area contributed by atoms with Gasteiger partial charge in [0, 0.05) is 13.1 Å². The maximum absolute atomic E-state index is 11.9. The van der Waals surface area contributed by atoms with Gasteiger partial charge in [0.25, 0.3) is 0 Å². The van der Waals surface area contributed by atoms with Crippen molar-refractivity contribution in [3.63, 3.8) is 0 Å². The van der Waals surface area contributed by atoms with Crippen LogP contribution in [0.1, 0.15) is 25.1 Å². The lowest BCUT2D eigenvalue weighted by atomic mass is 10.1. The highest BCUT2D eigenvalue weighted by Gasteiger charge is 2.17. The van der Waals surface area contributed by atoms with Gasteiger partial charge in [-0.25, -0.2) is 4.68 Å². The monoisotopic (exact) mass is 255 g/mol. The Kier molecular flexibility index (Phi) is 3.88. The van der Waals surface area contributed by atoms with E-state index in [2.05, 4.69) is 10.2 Å². The van der Waals surface area contributed by atoms with Gasteiger partial charge in [0.1, 0.15) is 5.82 Å².